The Hall–Kier alpha value is -2.13. The fraction of sp³-hybridized carbons (Fsp3) is 0.400. The van der Waals surface area contributed by atoms with Crippen molar-refractivity contribution >= 4 is 44.3 Å². The molecule has 1 aromatic heterocycles. The molecule has 1 atom stereocenters. The van der Waals surface area contributed by atoms with E-state index in [0.29, 0.717) is 28.9 Å². The van der Waals surface area contributed by atoms with Gasteiger partial charge in [-0.1, -0.05) is 6.07 Å². The lowest BCUT2D eigenvalue weighted by molar-refractivity contribution is -0.137. The zero-order valence-corrected chi connectivity index (χ0v) is 19.9. The molecular formula is C20H19F3IN3O5S. The zero-order valence-electron chi connectivity index (χ0n) is 17.0. The summed E-state index contributed by atoms with van der Waals surface area (Å²) in [7, 11) is -4.36. The molecule has 8 nitrogen and oxygen atoms in total. The van der Waals surface area contributed by atoms with Crippen LogP contribution in [0, 0.1) is 3.57 Å². The molecule has 1 aliphatic heterocycles. The molecule has 1 saturated carbocycles. The van der Waals surface area contributed by atoms with E-state index in [1.807, 2.05) is 4.72 Å². The Balaban J connectivity index is 1.51. The summed E-state index contributed by atoms with van der Waals surface area (Å²) < 4.78 is 72.6. The standard InChI is InChI=1S/C20H19F3IN3O5S/c21-20(22,23)12-4-5-14(24)15(10-12)32-19(7-8-19)18(29)26-33(30,31)17-3-1-2-16(25-17)27-9-6-13(28)11-27/h1-5,10,13,28H,6-9,11H2,(H,26,29)/t13-/m0/s1. The number of nitrogens with one attached hydrogen (secondary N) is 1. The van der Waals surface area contributed by atoms with Crippen LogP contribution >= 0.6 is 22.6 Å². The number of pyridine rings is 1. The SMILES string of the molecule is O=C(NS(=O)(=O)c1cccc(N2CC[C@H](O)C2)n1)C1(Oc2cc(C(F)(F)F)ccc2I)CC1. The molecule has 0 unspecified atom stereocenters. The Kier molecular flexibility index (Phi) is 6.24. The van der Waals surface area contributed by atoms with Crippen LogP contribution in [0.3, 0.4) is 0 Å². The summed E-state index contributed by atoms with van der Waals surface area (Å²) >= 11 is 1.78. The smallest absolute Gasteiger partial charge is 0.416 e. The molecular weight excluding hydrogens is 578 g/mol. The van der Waals surface area contributed by atoms with Crippen LogP contribution in [0.25, 0.3) is 0 Å². The Morgan fingerprint density at radius 1 is 1.27 bits per heavy atom. The minimum Gasteiger partial charge on any atom is -0.476 e. The van der Waals surface area contributed by atoms with Gasteiger partial charge < -0.3 is 14.7 Å². The summed E-state index contributed by atoms with van der Waals surface area (Å²) in [6.07, 6.45) is -4.28. The summed E-state index contributed by atoms with van der Waals surface area (Å²) in [6.45, 7) is 0.825. The topological polar surface area (TPSA) is 109 Å². The molecule has 0 bridgehead atoms. The van der Waals surface area contributed by atoms with Crippen molar-refractivity contribution in [2.45, 2.75) is 42.2 Å². The van der Waals surface area contributed by atoms with E-state index in [1.54, 1.807) is 33.6 Å². The summed E-state index contributed by atoms with van der Waals surface area (Å²) in [5.74, 6) is -0.777. The highest BCUT2D eigenvalue weighted by Crippen LogP contribution is 2.43. The average Bonchev–Trinajstić information content (AvgIpc) is 3.40. The first kappa shape index (κ1) is 24.0. The number of amides is 1. The van der Waals surface area contributed by atoms with E-state index in [-0.39, 0.29) is 23.6 Å². The molecule has 13 heteroatoms. The van der Waals surface area contributed by atoms with Crippen LogP contribution in [0.5, 0.6) is 5.75 Å². The number of benzene rings is 1. The number of aromatic nitrogens is 1. The van der Waals surface area contributed by atoms with E-state index in [9.17, 15) is 31.5 Å². The number of hydrogen-bond acceptors (Lipinski definition) is 7. The van der Waals surface area contributed by atoms with Gasteiger partial charge in [0.05, 0.1) is 15.2 Å². The van der Waals surface area contributed by atoms with E-state index in [4.69, 9.17) is 4.74 Å². The van der Waals surface area contributed by atoms with Gasteiger partial charge in [-0.15, -0.1) is 0 Å². The van der Waals surface area contributed by atoms with E-state index < -0.39 is 39.4 Å². The monoisotopic (exact) mass is 597 g/mol. The number of ether oxygens (including phenoxy) is 1. The van der Waals surface area contributed by atoms with Gasteiger partial charge in [0.2, 0.25) is 0 Å². The van der Waals surface area contributed by atoms with E-state index >= 15 is 0 Å². The third-order valence-electron chi connectivity index (χ3n) is 5.38. The first-order valence-electron chi connectivity index (χ1n) is 9.93. The van der Waals surface area contributed by atoms with Gasteiger partial charge in [-0.2, -0.15) is 21.6 Å². The lowest BCUT2D eigenvalue weighted by Gasteiger charge is -2.20. The molecule has 2 aromatic rings. The van der Waals surface area contributed by atoms with Gasteiger partial charge in [0.1, 0.15) is 11.6 Å². The molecule has 0 radical (unpaired) electrons. The van der Waals surface area contributed by atoms with Crippen molar-refractivity contribution in [3.8, 4) is 5.75 Å². The highest BCUT2D eigenvalue weighted by molar-refractivity contribution is 14.1. The maximum atomic E-state index is 13.0. The molecule has 1 aliphatic carbocycles. The Labute approximate surface area is 201 Å². The van der Waals surface area contributed by atoms with E-state index in [2.05, 4.69) is 4.98 Å². The van der Waals surface area contributed by atoms with Gasteiger partial charge in [0.15, 0.2) is 10.6 Å². The minimum atomic E-state index is -4.59. The van der Waals surface area contributed by atoms with Crippen molar-refractivity contribution in [3.05, 3.63) is 45.5 Å². The fourth-order valence-corrected chi connectivity index (χ4v) is 4.86. The largest absolute Gasteiger partial charge is 0.476 e. The van der Waals surface area contributed by atoms with Crippen LogP contribution in [-0.2, 0) is 21.0 Å². The number of aliphatic hydroxyl groups is 1. The molecule has 33 heavy (non-hydrogen) atoms. The number of carbonyl (C=O) groups is 1. The van der Waals surface area contributed by atoms with Crippen molar-refractivity contribution in [1.29, 1.82) is 0 Å². The highest BCUT2D eigenvalue weighted by Gasteiger charge is 2.54. The molecule has 2 aliphatic rings. The van der Waals surface area contributed by atoms with Crippen molar-refractivity contribution in [2.75, 3.05) is 18.0 Å². The number of aliphatic hydroxyl groups excluding tert-OH is 1. The van der Waals surface area contributed by atoms with E-state index in [1.165, 1.54) is 18.2 Å². The Morgan fingerprint density at radius 2 is 2.00 bits per heavy atom. The molecule has 0 spiro atoms. The van der Waals surface area contributed by atoms with Crippen molar-refractivity contribution < 1.29 is 36.2 Å². The van der Waals surface area contributed by atoms with Gasteiger partial charge in [0.25, 0.3) is 15.9 Å². The lowest BCUT2D eigenvalue weighted by atomic mass is 10.2. The third kappa shape index (κ3) is 5.19. The number of hydrogen-bond donors (Lipinski definition) is 2. The summed E-state index contributed by atoms with van der Waals surface area (Å²) in [5, 5.41) is 9.30. The number of alkyl halides is 3. The molecule has 2 heterocycles. The summed E-state index contributed by atoms with van der Waals surface area (Å²) in [6, 6.07) is 7.20. The number of halogens is 4. The quantitative estimate of drug-likeness (QED) is 0.494. The highest BCUT2D eigenvalue weighted by atomic mass is 127. The number of β-amino-alcohol motifs (C(OH)–C–C–N with tert-alkyl or cyclic N) is 1. The second-order valence-corrected chi connectivity index (χ2v) is 10.7. The van der Waals surface area contributed by atoms with Gasteiger partial charge in [-0.25, -0.2) is 9.71 Å². The normalized spacial score (nSPS) is 19.9. The second kappa shape index (κ2) is 8.58. The van der Waals surface area contributed by atoms with Crippen LogP contribution in [0.1, 0.15) is 24.8 Å². The van der Waals surface area contributed by atoms with Crippen molar-refractivity contribution in [3.63, 3.8) is 0 Å². The molecule has 1 aromatic carbocycles. The number of sulfonamides is 1. The Morgan fingerprint density at radius 3 is 2.61 bits per heavy atom. The first-order chi connectivity index (χ1) is 15.4. The van der Waals surface area contributed by atoms with Gasteiger partial charge in [-0.05, 0) is 59.3 Å². The van der Waals surface area contributed by atoms with E-state index in [0.717, 1.165) is 12.1 Å². The number of nitrogens with zero attached hydrogens (tertiary/aromatic N) is 2. The van der Waals surface area contributed by atoms with Crippen LogP contribution in [0.2, 0.25) is 0 Å². The maximum absolute atomic E-state index is 13.0. The van der Waals surface area contributed by atoms with Gasteiger partial charge in [-0.3, -0.25) is 4.79 Å². The average molecular weight is 597 g/mol. The van der Waals surface area contributed by atoms with Gasteiger partial charge >= 0.3 is 6.18 Å². The van der Waals surface area contributed by atoms with Crippen molar-refractivity contribution in [1.82, 2.24) is 9.71 Å². The van der Waals surface area contributed by atoms with Crippen LogP contribution in [-0.4, -0.2) is 49.2 Å². The lowest BCUT2D eigenvalue weighted by Crippen LogP contribution is -2.43. The van der Waals surface area contributed by atoms with Crippen LogP contribution in [0.15, 0.2) is 41.4 Å². The number of anilines is 1. The fourth-order valence-electron chi connectivity index (χ4n) is 3.40. The zero-order chi connectivity index (χ0) is 24.0. The van der Waals surface area contributed by atoms with Crippen molar-refractivity contribution in [2.24, 2.45) is 0 Å². The molecule has 2 fully saturated rings. The summed E-state index contributed by atoms with van der Waals surface area (Å²) in [5.41, 5.74) is -2.51. The minimum absolute atomic E-state index is 0.150. The van der Waals surface area contributed by atoms with Gasteiger partial charge in [0, 0.05) is 25.9 Å². The third-order valence-corrected chi connectivity index (χ3v) is 7.50. The first-order valence-corrected chi connectivity index (χ1v) is 12.5. The maximum Gasteiger partial charge on any atom is 0.416 e. The number of carbonyl (C=O) groups excluding carboxylic acids is 1. The predicted octanol–water partition coefficient (Wildman–Crippen LogP) is 2.69. The van der Waals surface area contributed by atoms with Crippen LogP contribution < -0.4 is 14.4 Å². The number of rotatable bonds is 6. The predicted molar refractivity (Wildman–Crippen MR) is 119 cm³/mol. The molecule has 178 valence electrons. The summed E-state index contributed by atoms with van der Waals surface area (Å²) in [4.78, 5) is 18.6. The molecule has 4 rings (SSSR count). The molecule has 2 N–H and O–H groups in total. The second-order valence-electron chi connectivity index (χ2n) is 7.90. The Bertz CT molecular complexity index is 1190. The molecule has 1 amide bonds. The van der Waals surface area contributed by atoms with Crippen LogP contribution in [0.4, 0.5) is 19.0 Å². The molecule has 1 saturated heterocycles.